The Labute approximate surface area is 163 Å². The Morgan fingerprint density at radius 3 is 2.37 bits per heavy atom. The maximum atomic E-state index is 14.3. The molecule has 0 aliphatic carbocycles. The first-order valence-electron chi connectivity index (χ1n) is 7.68. The number of benzene rings is 2. The normalized spacial score (nSPS) is 16.6. The van der Waals surface area contributed by atoms with Crippen LogP contribution in [0.15, 0.2) is 45.8 Å². The molecule has 27 heavy (non-hydrogen) atoms. The van der Waals surface area contributed by atoms with E-state index < -0.39 is 33.0 Å². The molecule has 3 rings (SSSR count). The van der Waals surface area contributed by atoms with E-state index in [4.69, 9.17) is 9.88 Å². The van der Waals surface area contributed by atoms with Gasteiger partial charge in [0.15, 0.2) is 5.60 Å². The first-order valence-corrected chi connectivity index (χ1v) is 10.0. The van der Waals surface area contributed by atoms with Crippen LogP contribution < -0.4 is 5.14 Å². The minimum atomic E-state index is -3.97. The Balaban J connectivity index is 2.27. The molecule has 5 nitrogen and oxygen atoms in total. The summed E-state index contributed by atoms with van der Waals surface area (Å²) in [6.45, 7) is 3.01. The number of Topliss-reactive ketones (excluding diaryl/α,β-unsaturated/α-hetero) is 1. The maximum absolute atomic E-state index is 14.3. The molecular formula is C18H14BrF2NO4S. The van der Waals surface area contributed by atoms with E-state index in [1.165, 1.54) is 32.0 Å². The molecule has 1 aliphatic rings. The third-order valence-electron chi connectivity index (χ3n) is 4.06. The van der Waals surface area contributed by atoms with Crippen molar-refractivity contribution in [2.75, 3.05) is 0 Å². The fourth-order valence-corrected chi connectivity index (χ4v) is 4.41. The fraction of sp³-hybridized carbons (Fsp3) is 0.167. The summed E-state index contributed by atoms with van der Waals surface area (Å²) in [6.07, 6.45) is 0. The second-order valence-electron chi connectivity index (χ2n) is 6.46. The predicted octanol–water partition coefficient (Wildman–Crippen LogP) is 3.62. The highest BCUT2D eigenvalue weighted by Gasteiger charge is 2.43. The Morgan fingerprint density at radius 1 is 1.11 bits per heavy atom. The minimum absolute atomic E-state index is 0.0242. The first-order chi connectivity index (χ1) is 12.4. The zero-order valence-electron chi connectivity index (χ0n) is 14.2. The van der Waals surface area contributed by atoms with Gasteiger partial charge < -0.3 is 4.74 Å². The van der Waals surface area contributed by atoms with E-state index in [9.17, 15) is 22.0 Å². The van der Waals surface area contributed by atoms with Crippen molar-refractivity contribution in [3.63, 3.8) is 0 Å². The van der Waals surface area contributed by atoms with E-state index in [1.54, 1.807) is 0 Å². The first kappa shape index (κ1) is 19.7. The highest BCUT2D eigenvalue weighted by Crippen LogP contribution is 2.43. The molecule has 1 aliphatic heterocycles. The fourth-order valence-electron chi connectivity index (χ4n) is 2.77. The van der Waals surface area contributed by atoms with Crippen molar-refractivity contribution in [3.8, 4) is 0 Å². The molecule has 0 fully saturated rings. The summed E-state index contributed by atoms with van der Waals surface area (Å²) >= 11 is 3.12. The number of carbonyl (C=O) groups is 1. The summed E-state index contributed by atoms with van der Waals surface area (Å²) in [4.78, 5) is 12.6. The topological polar surface area (TPSA) is 86.5 Å². The third kappa shape index (κ3) is 3.54. The second kappa shape index (κ2) is 6.50. The molecule has 0 atom stereocenters. The van der Waals surface area contributed by atoms with E-state index >= 15 is 0 Å². The van der Waals surface area contributed by atoms with Gasteiger partial charge in [0.25, 0.3) is 0 Å². The molecule has 0 spiro atoms. The third-order valence-corrected chi connectivity index (χ3v) is 5.94. The average molecular weight is 458 g/mol. The van der Waals surface area contributed by atoms with Crippen LogP contribution in [0.2, 0.25) is 0 Å². The van der Waals surface area contributed by atoms with Crippen LogP contribution in [-0.2, 0) is 19.6 Å². The van der Waals surface area contributed by atoms with Gasteiger partial charge in [0.2, 0.25) is 15.8 Å². The largest absolute Gasteiger partial charge is 0.478 e. The summed E-state index contributed by atoms with van der Waals surface area (Å²) in [7, 11) is -3.97. The van der Waals surface area contributed by atoms with Crippen molar-refractivity contribution in [2.45, 2.75) is 24.3 Å². The van der Waals surface area contributed by atoms with Crippen molar-refractivity contribution in [3.05, 3.63) is 63.6 Å². The lowest BCUT2D eigenvalue weighted by atomic mass is 9.92. The Hall–Kier alpha value is -2.10. The Morgan fingerprint density at radius 2 is 1.78 bits per heavy atom. The lowest BCUT2D eigenvalue weighted by Crippen LogP contribution is -2.29. The van der Waals surface area contributed by atoms with Crippen molar-refractivity contribution in [1.82, 2.24) is 0 Å². The molecule has 0 saturated carbocycles. The van der Waals surface area contributed by atoms with Crippen LogP contribution in [-0.4, -0.2) is 19.8 Å². The van der Waals surface area contributed by atoms with Gasteiger partial charge in [-0.25, -0.2) is 22.3 Å². The zero-order valence-corrected chi connectivity index (χ0v) is 16.6. The standard InChI is InChI=1S/C18H14BrF2NO4S/c1-18(2)17(23)15(11-8-10(20)4-5-13(11)21)16(26-18)9-3-6-14(12(19)7-9)27(22,24)25/h3-8H,1-2H3,(H2,22,24,25). The molecule has 1 heterocycles. The monoisotopic (exact) mass is 457 g/mol. The van der Waals surface area contributed by atoms with E-state index in [0.717, 1.165) is 18.2 Å². The van der Waals surface area contributed by atoms with E-state index in [-0.39, 0.29) is 26.3 Å². The van der Waals surface area contributed by atoms with Crippen LogP contribution in [0.25, 0.3) is 11.3 Å². The van der Waals surface area contributed by atoms with Crippen molar-refractivity contribution < 1.29 is 26.7 Å². The molecule has 0 bridgehead atoms. The van der Waals surface area contributed by atoms with Gasteiger partial charge in [-0.2, -0.15) is 0 Å². The summed E-state index contributed by atoms with van der Waals surface area (Å²) in [5.74, 6) is -1.98. The summed E-state index contributed by atoms with van der Waals surface area (Å²) in [6, 6.07) is 6.80. The van der Waals surface area contributed by atoms with Gasteiger partial charge in [-0.3, -0.25) is 4.79 Å². The minimum Gasteiger partial charge on any atom is -0.478 e. The smallest absolute Gasteiger partial charge is 0.239 e. The second-order valence-corrected chi connectivity index (χ2v) is 8.84. The van der Waals surface area contributed by atoms with Crippen LogP contribution in [0.3, 0.4) is 0 Å². The van der Waals surface area contributed by atoms with Crippen LogP contribution in [0.4, 0.5) is 8.78 Å². The molecule has 2 aromatic carbocycles. The van der Waals surface area contributed by atoms with Crippen LogP contribution in [0.1, 0.15) is 25.0 Å². The number of carbonyl (C=O) groups excluding carboxylic acids is 1. The molecular weight excluding hydrogens is 444 g/mol. The van der Waals surface area contributed by atoms with Crippen molar-refractivity contribution in [1.29, 1.82) is 0 Å². The van der Waals surface area contributed by atoms with Gasteiger partial charge in [0.1, 0.15) is 17.4 Å². The van der Waals surface area contributed by atoms with E-state index in [1.807, 2.05) is 0 Å². The van der Waals surface area contributed by atoms with Crippen LogP contribution in [0.5, 0.6) is 0 Å². The van der Waals surface area contributed by atoms with Crippen molar-refractivity contribution in [2.24, 2.45) is 5.14 Å². The van der Waals surface area contributed by atoms with Gasteiger partial charge in [0.05, 0.1) is 10.5 Å². The lowest BCUT2D eigenvalue weighted by molar-refractivity contribution is -0.125. The van der Waals surface area contributed by atoms with E-state index in [0.29, 0.717) is 5.56 Å². The lowest BCUT2D eigenvalue weighted by Gasteiger charge is -2.18. The quantitative estimate of drug-likeness (QED) is 0.762. The van der Waals surface area contributed by atoms with E-state index in [2.05, 4.69) is 15.9 Å². The number of sulfonamides is 1. The number of rotatable bonds is 3. The Bertz CT molecular complexity index is 1110. The molecule has 2 aromatic rings. The zero-order chi connectivity index (χ0) is 20.1. The number of halogens is 3. The van der Waals surface area contributed by atoms with Gasteiger partial charge >= 0.3 is 0 Å². The molecule has 0 radical (unpaired) electrons. The summed E-state index contributed by atoms with van der Waals surface area (Å²) in [5, 5.41) is 5.13. The van der Waals surface area contributed by atoms with Gasteiger partial charge in [-0.1, -0.05) is 0 Å². The molecule has 142 valence electrons. The van der Waals surface area contributed by atoms with Gasteiger partial charge in [0, 0.05) is 15.6 Å². The molecule has 2 N–H and O–H groups in total. The molecule has 0 aromatic heterocycles. The molecule has 0 saturated heterocycles. The molecule has 9 heteroatoms. The van der Waals surface area contributed by atoms with Crippen LogP contribution in [0, 0.1) is 11.6 Å². The van der Waals surface area contributed by atoms with Gasteiger partial charge in [-0.15, -0.1) is 0 Å². The van der Waals surface area contributed by atoms with Gasteiger partial charge in [-0.05, 0) is 66.2 Å². The van der Waals surface area contributed by atoms with Crippen molar-refractivity contribution >= 4 is 43.1 Å². The number of ether oxygens (including phenoxy) is 1. The highest BCUT2D eigenvalue weighted by molar-refractivity contribution is 9.10. The summed E-state index contributed by atoms with van der Waals surface area (Å²) in [5.41, 5.74) is -1.33. The molecule has 0 unspecified atom stereocenters. The SMILES string of the molecule is CC1(C)OC(c2ccc(S(N)(=O)=O)c(Br)c2)=C(c2cc(F)ccc2F)C1=O. The Kier molecular flexibility index (Phi) is 4.73. The number of hydrogen-bond acceptors (Lipinski definition) is 4. The number of primary sulfonamides is 1. The number of ketones is 1. The maximum Gasteiger partial charge on any atom is 0.239 e. The molecule has 0 amide bonds. The van der Waals surface area contributed by atoms with Crippen LogP contribution >= 0.6 is 15.9 Å². The predicted molar refractivity (Wildman–Crippen MR) is 98.9 cm³/mol. The highest BCUT2D eigenvalue weighted by atomic mass is 79.9. The number of nitrogens with two attached hydrogens (primary N) is 1. The summed E-state index contributed by atoms with van der Waals surface area (Å²) < 4.78 is 57.0. The number of hydrogen-bond donors (Lipinski definition) is 1. The average Bonchev–Trinajstić information content (AvgIpc) is 2.79.